The van der Waals surface area contributed by atoms with Crippen molar-refractivity contribution in [2.45, 2.75) is 84.2 Å². The van der Waals surface area contributed by atoms with E-state index in [1.807, 2.05) is 0 Å². The summed E-state index contributed by atoms with van der Waals surface area (Å²) in [5.41, 5.74) is 2.05. The van der Waals surface area contributed by atoms with Gasteiger partial charge in [0.15, 0.2) is 0 Å². The number of hydrogen-bond acceptors (Lipinski definition) is 1. The van der Waals surface area contributed by atoms with Crippen LogP contribution in [0.25, 0.3) is 0 Å². The Labute approximate surface area is 130 Å². The maximum atomic E-state index is 10.9. The molecule has 118 valence electrons. The van der Waals surface area contributed by atoms with Gasteiger partial charge in [0.2, 0.25) is 0 Å². The second-order valence-corrected chi connectivity index (χ2v) is 9.22. The zero-order valence-corrected chi connectivity index (χ0v) is 14.1. The molecule has 3 saturated carbocycles. The van der Waals surface area contributed by atoms with Crippen molar-refractivity contribution in [1.29, 1.82) is 0 Å². The molecule has 1 N–H and O–H groups in total. The Balaban J connectivity index is 1.69. The van der Waals surface area contributed by atoms with Crippen molar-refractivity contribution in [3.8, 4) is 0 Å². The van der Waals surface area contributed by atoms with Gasteiger partial charge in [-0.25, -0.2) is 0 Å². The highest BCUT2D eigenvalue weighted by atomic mass is 16.3. The lowest BCUT2D eigenvalue weighted by Crippen LogP contribution is -2.53. The van der Waals surface area contributed by atoms with E-state index in [1.54, 1.807) is 5.57 Å². The minimum absolute atomic E-state index is 0.181. The fourth-order valence-corrected chi connectivity index (χ4v) is 7.00. The normalized spacial score (nSPS) is 56.2. The van der Waals surface area contributed by atoms with Crippen LogP contribution in [0.15, 0.2) is 11.6 Å². The van der Waals surface area contributed by atoms with E-state index >= 15 is 0 Å². The fraction of sp³-hybridized carbons (Fsp3) is 0.900. The molecule has 4 aliphatic rings. The molecule has 6 atom stereocenters. The van der Waals surface area contributed by atoms with Crippen molar-refractivity contribution < 1.29 is 5.11 Å². The number of allylic oxidation sites excluding steroid dienone is 2. The quantitative estimate of drug-likeness (QED) is 0.616. The number of rotatable bonds is 0. The molecule has 0 spiro atoms. The van der Waals surface area contributed by atoms with Gasteiger partial charge in [0.05, 0.1) is 5.60 Å². The van der Waals surface area contributed by atoms with Crippen LogP contribution in [-0.2, 0) is 0 Å². The molecule has 0 aliphatic heterocycles. The molecule has 0 saturated heterocycles. The lowest BCUT2D eigenvalue weighted by Gasteiger charge is -2.59. The predicted molar refractivity (Wildman–Crippen MR) is 86.9 cm³/mol. The minimum Gasteiger partial charge on any atom is -0.390 e. The smallest absolute Gasteiger partial charge is 0.0675 e. The molecule has 4 rings (SSSR count). The molecule has 0 aromatic carbocycles. The van der Waals surface area contributed by atoms with Gasteiger partial charge in [-0.1, -0.05) is 25.5 Å². The second-order valence-electron chi connectivity index (χ2n) is 9.22. The summed E-state index contributed by atoms with van der Waals surface area (Å²) in [5, 5.41) is 10.9. The molecule has 1 nitrogen and oxygen atoms in total. The third-order valence-electron chi connectivity index (χ3n) is 8.59. The van der Waals surface area contributed by atoms with Crippen LogP contribution in [0.5, 0.6) is 0 Å². The Morgan fingerprint density at radius 1 is 1.00 bits per heavy atom. The van der Waals surface area contributed by atoms with E-state index in [0.29, 0.717) is 5.41 Å². The van der Waals surface area contributed by atoms with Crippen LogP contribution in [0.1, 0.15) is 78.6 Å². The average Bonchev–Trinajstić information content (AvgIpc) is 2.69. The minimum atomic E-state index is -0.424. The van der Waals surface area contributed by atoms with Gasteiger partial charge >= 0.3 is 0 Å². The Hall–Kier alpha value is -0.300. The third-order valence-corrected chi connectivity index (χ3v) is 8.59. The monoisotopic (exact) mass is 288 g/mol. The van der Waals surface area contributed by atoms with Gasteiger partial charge in [-0.05, 0) is 93.3 Å². The molecule has 0 bridgehead atoms. The standard InChI is InChI=1S/C20H32O/c1-18-11-5-4-6-14(18)7-8-15-16(18)9-12-19(2)17(15)10-13-20(19,3)21/h6,15-17,21H,4-5,7-13H2,1-3H3/t15-,16+,17+,18+,19+,20+/m1/s1. The van der Waals surface area contributed by atoms with E-state index < -0.39 is 5.60 Å². The lowest BCUT2D eigenvalue weighted by atomic mass is 9.46. The van der Waals surface area contributed by atoms with Crippen molar-refractivity contribution in [2.75, 3.05) is 0 Å². The maximum absolute atomic E-state index is 10.9. The highest BCUT2D eigenvalue weighted by Gasteiger charge is 2.62. The van der Waals surface area contributed by atoms with Gasteiger partial charge in [-0.15, -0.1) is 0 Å². The first kappa shape index (κ1) is 14.3. The topological polar surface area (TPSA) is 20.2 Å². The summed E-state index contributed by atoms with van der Waals surface area (Å²) < 4.78 is 0. The van der Waals surface area contributed by atoms with Crippen LogP contribution < -0.4 is 0 Å². The summed E-state index contributed by atoms with van der Waals surface area (Å²) in [6.07, 6.45) is 14.3. The third kappa shape index (κ3) is 1.73. The number of aliphatic hydroxyl groups is 1. The van der Waals surface area contributed by atoms with Crippen molar-refractivity contribution in [1.82, 2.24) is 0 Å². The molecule has 0 amide bonds. The lowest BCUT2D eigenvalue weighted by molar-refractivity contribution is -0.117. The Morgan fingerprint density at radius 3 is 2.57 bits per heavy atom. The molecular formula is C20H32O. The second kappa shape index (κ2) is 4.37. The largest absolute Gasteiger partial charge is 0.390 e. The van der Waals surface area contributed by atoms with Gasteiger partial charge in [0.1, 0.15) is 0 Å². The zero-order chi connectivity index (χ0) is 14.9. The first-order valence-electron chi connectivity index (χ1n) is 9.30. The van der Waals surface area contributed by atoms with Gasteiger partial charge in [0.25, 0.3) is 0 Å². The first-order valence-corrected chi connectivity index (χ1v) is 9.30. The molecular weight excluding hydrogens is 256 g/mol. The summed E-state index contributed by atoms with van der Waals surface area (Å²) in [4.78, 5) is 0. The molecule has 21 heavy (non-hydrogen) atoms. The SMILES string of the molecule is C[C@]12CCCC=C1CC[C@@H]1[C@@H]2CC[C@@]2(C)[C@H]1CC[C@]2(C)O. The molecule has 0 aromatic rings. The Morgan fingerprint density at radius 2 is 1.76 bits per heavy atom. The predicted octanol–water partition coefficient (Wildman–Crippen LogP) is 5.09. The molecule has 1 heteroatoms. The van der Waals surface area contributed by atoms with Crippen LogP contribution in [0.4, 0.5) is 0 Å². The van der Waals surface area contributed by atoms with Crippen LogP contribution in [0, 0.1) is 28.6 Å². The summed E-state index contributed by atoms with van der Waals surface area (Å²) in [7, 11) is 0. The van der Waals surface area contributed by atoms with Crippen LogP contribution >= 0.6 is 0 Å². The summed E-state index contributed by atoms with van der Waals surface area (Å²) in [6.45, 7) is 7.09. The maximum Gasteiger partial charge on any atom is 0.0675 e. The van der Waals surface area contributed by atoms with Gasteiger partial charge in [-0.2, -0.15) is 0 Å². The van der Waals surface area contributed by atoms with Gasteiger partial charge < -0.3 is 5.11 Å². The van der Waals surface area contributed by atoms with Crippen molar-refractivity contribution in [2.24, 2.45) is 28.6 Å². The van der Waals surface area contributed by atoms with Crippen molar-refractivity contribution >= 4 is 0 Å². The molecule has 0 aromatic heterocycles. The Bertz CT molecular complexity index is 476. The zero-order valence-electron chi connectivity index (χ0n) is 14.1. The van der Waals surface area contributed by atoms with Crippen LogP contribution in [-0.4, -0.2) is 10.7 Å². The number of fused-ring (bicyclic) bond motifs is 5. The van der Waals surface area contributed by atoms with E-state index in [-0.39, 0.29) is 5.41 Å². The summed E-state index contributed by atoms with van der Waals surface area (Å²) >= 11 is 0. The van der Waals surface area contributed by atoms with E-state index in [9.17, 15) is 5.11 Å². The molecule has 0 heterocycles. The van der Waals surface area contributed by atoms with E-state index in [4.69, 9.17) is 0 Å². The molecule has 3 fully saturated rings. The van der Waals surface area contributed by atoms with E-state index in [0.717, 1.165) is 24.2 Å². The fourth-order valence-electron chi connectivity index (χ4n) is 7.00. The van der Waals surface area contributed by atoms with Crippen molar-refractivity contribution in [3.63, 3.8) is 0 Å². The van der Waals surface area contributed by atoms with Crippen LogP contribution in [0.2, 0.25) is 0 Å². The van der Waals surface area contributed by atoms with E-state index in [2.05, 4.69) is 26.8 Å². The average molecular weight is 288 g/mol. The Kier molecular flexibility index (Phi) is 2.98. The molecule has 0 radical (unpaired) electrons. The highest BCUT2D eigenvalue weighted by molar-refractivity contribution is 5.24. The molecule has 4 aliphatic carbocycles. The number of hydrogen-bond donors (Lipinski definition) is 1. The van der Waals surface area contributed by atoms with Gasteiger partial charge in [-0.3, -0.25) is 0 Å². The molecule has 0 unspecified atom stereocenters. The van der Waals surface area contributed by atoms with Gasteiger partial charge in [0, 0.05) is 0 Å². The first-order chi connectivity index (χ1) is 9.88. The van der Waals surface area contributed by atoms with E-state index in [1.165, 1.54) is 51.4 Å². The van der Waals surface area contributed by atoms with Crippen molar-refractivity contribution in [3.05, 3.63) is 11.6 Å². The highest BCUT2D eigenvalue weighted by Crippen LogP contribution is 2.67. The summed E-state index contributed by atoms with van der Waals surface area (Å²) in [5.74, 6) is 2.54. The van der Waals surface area contributed by atoms with Crippen LogP contribution in [0.3, 0.4) is 0 Å². The summed E-state index contributed by atoms with van der Waals surface area (Å²) in [6, 6.07) is 0.